The minimum atomic E-state index is -3.46. The molecule has 3 aromatic rings. The maximum absolute atomic E-state index is 12.8. The third-order valence-corrected chi connectivity index (χ3v) is 6.07. The van der Waals surface area contributed by atoms with Crippen LogP contribution in [0.3, 0.4) is 0 Å². The zero-order chi connectivity index (χ0) is 15.9. The topological polar surface area (TPSA) is 52.0 Å². The molecule has 0 N–H and O–H groups in total. The van der Waals surface area contributed by atoms with Crippen LogP contribution in [-0.2, 0) is 16.9 Å². The van der Waals surface area contributed by atoms with Gasteiger partial charge in [-0.1, -0.05) is 29.8 Å². The predicted octanol–water partition coefficient (Wildman–Crippen LogP) is 3.42. The van der Waals surface area contributed by atoms with Crippen LogP contribution in [-0.4, -0.2) is 18.0 Å². The molecule has 22 heavy (non-hydrogen) atoms. The van der Waals surface area contributed by atoms with Crippen LogP contribution < -0.4 is 0 Å². The second kappa shape index (κ2) is 5.25. The molecule has 0 spiro atoms. The summed E-state index contributed by atoms with van der Waals surface area (Å²) < 4.78 is 27.5. The number of benzene rings is 2. The number of rotatable bonds is 3. The fourth-order valence-corrected chi connectivity index (χ4v) is 4.01. The van der Waals surface area contributed by atoms with Crippen molar-refractivity contribution >= 4 is 20.9 Å². The molecule has 1 unspecified atom stereocenters. The molecule has 4 nitrogen and oxygen atoms in total. The molecule has 5 heteroatoms. The fraction of sp³-hybridized carbons (Fsp3) is 0.235. The minimum absolute atomic E-state index is 0.331. The number of imidazole rings is 1. The zero-order valence-electron chi connectivity index (χ0n) is 12.8. The predicted molar refractivity (Wildman–Crippen MR) is 87.5 cm³/mol. The number of aryl methyl sites for hydroxylation is 2. The Morgan fingerprint density at radius 2 is 1.68 bits per heavy atom. The third-order valence-electron chi connectivity index (χ3n) is 4.00. The molecule has 2 aromatic carbocycles. The Hall–Kier alpha value is -2.14. The van der Waals surface area contributed by atoms with E-state index in [1.54, 1.807) is 19.1 Å². The Morgan fingerprint density at radius 1 is 1.05 bits per heavy atom. The van der Waals surface area contributed by atoms with Crippen molar-refractivity contribution in [3.8, 4) is 0 Å². The molecule has 0 aliphatic rings. The fourth-order valence-electron chi connectivity index (χ4n) is 2.60. The normalized spacial score (nSPS) is 13.4. The van der Waals surface area contributed by atoms with Gasteiger partial charge >= 0.3 is 0 Å². The van der Waals surface area contributed by atoms with Gasteiger partial charge in [0.25, 0.3) is 0 Å². The molecular weight excluding hydrogens is 296 g/mol. The Labute approximate surface area is 130 Å². The van der Waals surface area contributed by atoms with E-state index in [1.807, 2.05) is 54.9 Å². The summed E-state index contributed by atoms with van der Waals surface area (Å²) in [6.45, 7) is 3.63. The molecule has 0 aliphatic heterocycles. The molecule has 0 fully saturated rings. The lowest BCUT2D eigenvalue weighted by Crippen LogP contribution is -2.14. The van der Waals surface area contributed by atoms with Gasteiger partial charge in [-0.15, -0.1) is 0 Å². The smallest absolute Gasteiger partial charge is 0.188 e. The van der Waals surface area contributed by atoms with Crippen molar-refractivity contribution in [1.82, 2.24) is 9.55 Å². The first kappa shape index (κ1) is 14.8. The van der Waals surface area contributed by atoms with Crippen molar-refractivity contribution in [2.45, 2.75) is 24.0 Å². The van der Waals surface area contributed by atoms with Gasteiger partial charge in [0.15, 0.2) is 9.84 Å². The van der Waals surface area contributed by atoms with Gasteiger partial charge < -0.3 is 4.57 Å². The zero-order valence-corrected chi connectivity index (χ0v) is 13.6. The molecule has 114 valence electrons. The second-order valence-electron chi connectivity index (χ2n) is 5.52. The molecule has 0 amide bonds. The van der Waals surface area contributed by atoms with Crippen molar-refractivity contribution in [2.75, 3.05) is 0 Å². The van der Waals surface area contributed by atoms with Crippen molar-refractivity contribution < 1.29 is 8.42 Å². The van der Waals surface area contributed by atoms with Gasteiger partial charge in [0.2, 0.25) is 0 Å². The third kappa shape index (κ3) is 2.31. The first-order valence-corrected chi connectivity index (χ1v) is 8.68. The van der Waals surface area contributed by atoms with Crippen LogP contribution >= 0.6 is 0 Å². The van der Waals surface area contributed by atoms with Crippen LogP contribution in [0, 0.1) is 6.92 Å². The molecule has 1 heterocycles. The van der Waals surface area contributed by atoms with E-state index in [-0.39, 0.29) is 0 Å². The summed E-state index contributed by atoms with van der Waals surface area (Å²) in [6, 6.07) is 14.6. The molecule has 0 saturated heterocycles. The lowest BCUT2D eigenvalue weighted by Gasteiger charge is -2.13. The number of hydrogen-bond acceptors (Lipinski definition) is 3. The number of aromatic nitrogens is 2. The number of fused-ring (bicyclic) bond motifs is 1. The Bertz CT molecular complexity index is 925. The quantitative estimate of drug-likeness (QED) is 0.744. The number of nitrogens with zero attached hydrogens (tertiary/aromatic N) is 2. The monoisotopic (exact) mass is 314 g/mol. The average Bonchev–Trinajstić information content (AvgIpc) is 2.84. The van der Waals surface area contributed by atoms with Gasteiger partial charge in [0.05, 0.1) is 15.9 Å². The first-order valence-electron chi connectivity index (χ1n) is 7.13. The maximum atomic E-state index is 12.8. The molecule has 0 aliphatic carbocycles. The van der Waals surface area contributed by atoms with Crippen LogP contribution in [0.15, 0.2) is 53.4 Å². The summed E-state index contributed by atoms with van der Waals surface area (Å²) in [5.41, 5.74) is 2.78. The molecule has 0 bridgehead atoms. The van der Waals surface area contributed by atoms with Crippen molar-refractivity contribution in [2.24, 2.45) is 7.05 Å². The number of para-hydroxylation sites is 2. The van der Waals surface area contributed by atoms with Crippen molar-refractivity contribution in [1.29, 1.82) is 0 Å². The van der Waals surface area contributed by atoms with Gasteiger partial charge in [-0.25, -0.2) is 13.4 Å². The van der Waals surface area contributed by atoms with E-state index in [4.69, 9.17) is 0 Å². The van der Waals surface area contributed by atoms with E-state index in [9.17, 15) is 8.42 Å². The standard InChI is InChI=1S/C17H18N2O2S/c1-12-8-10-14(11-9-12)22(20,21)13(2)17-18-15-6-4-5-7-16(15)19(17)3/h4-11,13H,1-3H3. The van der Waals surface area contributed by atoms with Gasteiger partial charge in [-0.2, -0.15) is 0 Å². The highest BCUT2D eigenvalue weighted by Crippen LogP contribution is 2.29. The highest BCUT2D eigenvalue weighted by atomic mass is 32.2. The van der Waals surface area contributed by atoms with E-state index in [2.05, 4.69) is 4.98 Å². The summed E-state index contributed by atoms with van der Waals surface area (Å²) in [5.74, 6) is 0.557. The van der Waals surface area contributed by atoms with Gasteiger partial charge in [-0.05, 0) is 38.1 Å². The van der Waals surface area contributed by atoms with Crippen LogP contribution in [0.25, 0.3) is 11.0 Å². The Morgan fingerprint density at radius 3 is 2.32 bits per heavy atom. The van der Waals surface area contributed by atoms with Gasteiger partial charge in [0.1, 0.15) is 11.1 Å². The van der Waals surface area contributed by atoms with E-state index >= 15 is 0 Å². The molecule has 1 atom stereocenters. The van der Waals surface area contributed by atoms with E-state index in [0.717, 1.165) is 16.6 Å². The average molecular weight is 314 g/mol. The number of hydrogen-bond donors (Lipinski definition) is 0. The molecule has 0 radical (unpaired) electrons. The second-order valence-corrected chi connectivity index (χ2v) is 7.79. The molecule has 3 rings (SSSR count). The van der Waals surface area contributed by atoms with Gasteiger partial charge in [-0.3, -0.25) is 0 Å². The lowest BCUT2D eigenvalue weighted by atomic mass is 10.2. The summed E-state index contributed by atoms with van der Waals surface area (Å²) in [5, 5.41) is -0.701. The van der Waals surface area contributed by atoms with Gasteiger partial charge in [0, 0.05) is 7.05 Å². The van der Waals surface area contributed by atoms with Crippen LogP contribution in [0.1, 0.15) is 23.6 Å². The molecule has 1 aromatic heterocycles. The molecule has 0 saturated carbocycles. The summed E-state index contributed by atoms with van der Waals surface area (Å²) in [6.07, 6.45) is 0. The Kier molecular flexibility index (Phi) is 3.53. The maximum Gasteiger partial charge on any atom is 0.188 e. The van der Waals surface area contributed by atoms with Crippen LogP contribution in [0.4, 0.5) is 0 Å². The summed E-state index contributed by atoms with van der Waals surface area (Å²) >= 11 is 0. The van der Waals surface area contributed by atoms with Crippen LogP contribution in [0.2, 0.25) is 0 Å². The SMILES string of the molecule is Cc1ccc(S(=O)(=O)C(C)c2nc3ccccc3n2C)cc1. The van der Waals surface area contributed by atoms with E-state index in [1.165, 1.54) is 0 Å². The van der Waals surface area contributed by atoms with E-state index < -0.39 is 15.1 Å². The largest absolute Gasteiger partial charge is 0.330 e. The van der Waals surface area contributed by atoms with Crippen molar-refractivity contribution in [3.63, 3.8) is 0 Å². The van der Waals surface area contributed by atoms with Crippen LogP contribution in [0.5, 0.6) is 0 Å². The number of sulfone groups is 1. The Balaban J connectivity index is 2.10. The minimum Gasteiger partial charge on any atom is -0.330 e. The summed E-state index contributed by atoms with van der Waals surface area (Å²) in [7, 11) is -1.61. The first-order chi connectivity index (χ1) is 10.4. The molecular formula is C17H18N2O2S. The highest BCUT2D eigenvalue weighted by molar-refractivity contribution is 7.91. The lowest BCUT2D eigenvalue weighted by molar-refractivity contribution is 0.581. The van der Waals surface area contributed by atoms with E-state index in [0.29, 0.717) is 10.7 Å². The highest BCUT2D eigenvalue weighted by Gasteiger charge is 2.28. The summed E-state index contributed by atoms with van der Waals surface area (Å²) in [4.78, 5) is 4.84. The van der Waals surface area contributed by atoms with Crippen molar-refractivity contribution in [3.05, 3.63) is 59.9 Å².